The Balaban J connectivity index is 2.53. The molecule has 1 aromatic heterocycles. The average Bonchev–Trinajstić information content (AvgIpc) is 2.18. The van der Waals surface area contributed by atoms with Crippen LogP contribution < -0.4 is 11.1 Å². The Morgan fingerprint density at radius 1 is 1.47 bits per heavy atom. The third-order valence-electron chi connectivity index (χ3n) is 2.17. The second-order valence-electron chi connectivity index (χ2n) is 5.22. The first kappa shape index (κ1) is 14.2. The zero-order valence-corrected chi connectivity index (χ0v) is 12.0. The lowest BCUT2D eigenvalue weighted by Gasteiger charge is -2.22. The molecule has 1 heterocycles. The largest absolute Gasteiger partial charge is 0.391 e. The summed E-state index contributed by atoms with van der Waals surface area (Å²) >= 11 is 3.30. The Bertz CT molecular complexity index is 378. The lowest BCUT2D eigenvalue weighted by molar-refractivity contribution is 0.132. The van der Waals surface area contributed by atoms with Crippen molar-refractivity contribution in [2.75, 3.05) is 17.6 Å². The Kier molecular flexibility index (Phi) is 4.70. The SMILES string of the molecule is CC(C)(C)CC(O)CNc1ncnc(N)c1Br. The molecule has 0 aliphatic rings. The summed E-state index contributed by atoms with van der Waals surface area (Å²) < 4.78 is 0.628. The van der Waals surface area contributed by atoms with Crippen LogP contribution in [0.3, 0.4) is 0 Å². The van der Waals surface area contributed by atoms with E-state index < -0.39 is 6.10 Å². The van der Waals surface area contributed by atoms with Crippen LogP contribution in [-0.2, 0) is 0 Å². The molecule has 0 fully saturated rings. The molecule has 0 amide bonds. The number of nitrogen functional groups attached to an aromatic ring is 1. The fourth-order valence-corrected chi connectivity index (χ4v) is 1.85. The van der Waals surface area contributed by atoms with Crippen LogP contribution in [-0.4, -0.2) is 27.7 Å². The topological polar surface area (TPSA) is 84.1 Å². The number of aliphatic hydroxyl groups excluding tert-OH is 1. The highest BCUT2D eigenvalue weighted by atomic mass is 79.9. The predicted molar refractivity (Wildman–Crippen MR) is 72.7 cm³/mol. The zero-order valence-electron chi connectivity index (χ0n) is 10.4. The number of halogens is 1. The molecule has 6 heteroatoms. The molecule has 1 aromatic rings. The predicted octanol–water partition coefficient (Wildman–Crippen LogP) is 2.03. The van der Waals surface area contributed by atoms with E-state index in [-0.39, 0.29) is 5.41 Å². The number of nitrogens with zero attached hydrogens (tertiary/aromatic N) is 2. The average molecular weight is 303 g/mol. The number of anilines is 2. The van der Waals surface area contributed by atoms with Crippen molar-refractivity contribution < 1.29 is 5.11 Å². The van der Waals surface area contributed by atoms with Crippen LogP contribution in [0.25, 0.3) is 0 Å². The van der Waals surface area contributed by atoms with Crippen LogP contribution in [0.4, 0.5) is 11.6 Å². The van der Waals surface area contributed by atoms with Gasteiger partial charge in [-0.3, -0.25) is 0 Å². The molecule has 0 radical (unpaired) electrons. The first-order chi connectivity index (χ1) is 7.79. The summed E-state index contributed by atoms with van der Waals surface area (Å²) in [6, 6.07) is 0. The van der Waals surface area contributed by atoms with Gasteiger partial charge in [0.25, 0.3) is 0 Å². The summed E-state index contributed by atoms with van der Waals surface area (Å²) in [4.78, 5) is 7.89. The third kappa shape index (κ3) is 4.87. The van der Waals surface area contributed by atoms with Crippen molar-refractivity contribution in [3.63, 3.8) is 0 Å². The molecule has 0 aromatic carbocycles. The standard InChI is InChI=1S/C11H19BrN4O/c1-11(2,3)4-7(17)5-14-10-8(12)9(13)15-6-16-10/h6-7,17H,4-5H2,1-3H3,(H3,13,14,15,16). The first-order valence-corrected chi connectivity index (χ1v) is 6.27. The number of nitrogens with one attached hydrogen (secondary N) is 1. The van der Waals surface area contributed by atoms with Crippen LogP contribution in [0, 0.1) is 5.41 Å². The molecule has 0 saturated carbocycles. The summed E-state index contributed by atoms with van der Waals surface area (Å²) in [5.74, 6) is 0.985. The molecule has 0 aliphatic carbocycles. The maximum atomic E-state index is 9.85. The minimum Gasteiger partial charge on any atom is -0.391 e. The van der Waals surface area contributed by atoms with Crippen LogP contribution in [0.5, 0.6) is 0 Å². The van der Waals surface area contributed by atoms with Gasteiger partial charge in [-0.15, -0.1) is 0 Å². The molecule has 5 nitrogen and oxygen atoms in total. The van der Waals surface area contributed by atoms with Crippen LogP contribution in [0.15, 0.2) is 10.8 Å². The third-order valence-corrected chi connectivity index (χ3v) is 2.95. The molecule has 1 atom stereocenters. The minimum absolute atomic E-state index is 0.100. The highest BCUT2D eigenvalue weighted by Gasteiger charge is 2.17. The van der Waals surface area contributed by atoms with E-state index in [9.17, 15) is 5.11 Å². The van der Waals surface area contributed by atoms with Crippen molar-refractivity contribution in [1.29, 1.82) is 0 Å². The number of rotatable bonds is 4. The number of hydrogen-bond acceptors (Lipinski definition) is 5. The fourth-order valence-electron chi connectivity index (χ4n) is 1.50. The summed E-state index contributed by atoms with van der Waals surface area (Å²) in [6.07, 6.45) is 1.69. The summed E-state index contributed by atoms with van der Waals surface area (Å²) in [5, 5.41) is 12.9. The van der Waals surface area contributed by atoms with E-state index in [1.54, 1.807) is 0 Å². The highest BCUT2D eigenvalue weighted by molar-refractivity contribution is 9.10. The fraction of sp³-hybridized carbons (Fsp3) is 0.636. The molecular formula is C11H19BrN4O. The van der Waals surface area contributed by atoms with E-state index in [2.05, 4.69) is 52.0 Å². The quantitative estimate of drug-likeness (QED) is 0.792. The van der Waals surface area contributed by atoms with Gasteiger partial charge in [-0.2, -0.15) is 0 Å². The first-order valence-electron chi connectivity index (χ1n) is 5.47. The molecule has 0 spiro atoms. The maximum Gasteiger partial charge on any atom is 0.146 e. The second-order valence-corrected chi connectivity index (χ2v) is 6.01. The van der Waals surface area contributed by atoms with Crippen LogP contribution in [0.1, 0.15) is 27.2 Å². The molecule has 0 saturated heterocycles. The number of nitrogens with two attached hydrogens (primary N) is 1. The summed E-state index contributed by atoms with van der Waals surface area (Å²) in [5.41, 5.74) is 5.73. The van der Waals surface area contributed by atoms with E-state index >= 15 is 0 Å². The number of aliphatic hydroxyl groups is 1. The van der Waals surface area contributed by atoms with E-state index in [1.807, 2.05) is 0 Å². The van der Waals surface area contributed by atoms with Gasteiger partial charge in [0.15, 0.2) is 0 Å². The van der Waals surface area contributed by atoms with Crippen molar-refractivity contribution in [3.8, 4) is 0 Å². The van der Waals surface area contributed by atoms with E-state index in [4.69, 9.17) is 5.73 Å². The van der Waals surface area contributed by atoms with Gasteiger partial charge in [0, 0.05) is 6.54 Å². The molecule has 0 aliphatic heterocycles. The van der Waals surface area contributed by atoms with Crippen molar-refractivity contribution in [1.82, 2.24) is 9.97 Å². The van der Waals surface area contributed by atoms with E-state index in [1.165, 1.54) is 6.33 Å². The van der Waals surface area contributed by atoms with E-state index in [0.717, 1.165) is 6.42 Å². The second kappa shape index (κ2) is 5.64. The van der Waals surface area contributed by atoms with Gasteiger partial charge in [-0.1, -0.05) is 20.8 Å². The van der Waals surface area contributed by atoms with Gasteiger partial charge >= 0.3 is 0 Å². The lowest BCUT2D eigenvalue weighted by Crippen LogP contribution is -2.25. The molecule has 17 heavy (non-hydrogen) atoms. The molecule has 1 unspecified atom stereocenters. The summed E-state index contributed by atoms with van der Waals surface area (Å²) in [6.45, 7) is 6.71. The van der Waals surface area contributed by atoms with Gasteiger partial charge in [-0.25, -0.2) is 9.97 Å². The lowest BCUT2D eigenvalue weighted by atomic mass is 9.89. The van der Waals surface area contributed by atoms with Crippen LogP contribution >= 0.6 is 15.9 Å². The highest BCUT2D eigenvalue weighted by Crippen LogP contribution is 2.25. The van der Waals surface area contributed by atoms with Gasteiger partial charge < -0.3 is 16.2 Å². The Morgan fingerprint density at radius 3 is 2.71 bits per heavy atom. The summed E-state index contributed by atoms with van der Waals surface area (Å²) in [7, 11) is 0. The smallest absolute Gasteiger partial charge is 0.146 e. The normalized spacial score (nSPS) is 13.5. The molecule has 96 valence electrons. The minimum atomic E-state index is -0.418. The maximum absolute atomic E-state index is 9.85. The Hall–Kier alpha value is -0.880. The monoisotopic (exact) mass is 302 g/mol. The van der Waals surface area contributed by atoms with Gasteiger partial charge in [0.05, 0.1) is 6.10 Å². The van der Waals surface area contributed by atoms with Crippen molar-refractivity contribution in [2.45, 2.75) is 33.3 Å². The molecule has 4 N–H and O–H groups in total. The molecular weight excluding hydrogens is 284 g/mol. The van der Waals surface area contributed by atoms with Gasteiger partial charge in [-0.05, 0) is 27.8 Å². The number of hydrogen-bond donors (Lipinski definition) is 3. The number of aromatic nitrogens is 2. The molecule has 1 rings (SSSR count). The zero-order chi connectivity index (χ0) is 13.1. The van der Waals surface area contributed by atoms with Crippen molar-refractivity contribution >= 4 is 27.6 Å². The van der Waals surface area contributed by atoms with Crippen molar-refractivity contribution in [2.24, 2.45) is 5.41 Å². The van der Waals surface area contributed by atoms with Gasteiger partial charge in [0.2, 0.25) is 0 Å². The Labute approximate surface area is 110 Å². The van der Waals surface area contributed by atoms with E-state index in [0.29, 0.717) is 22.7 Å². The van der Waals surface area contributed by atoms with Crippen molar-refractivity contribution in [3.05, 3.63) is 10.8 Å². The molecule has 0 bridgehead atoms. The Morgan fingerprint density at radius 2 is 2.12 bits per heavy atom. The van der Waals surface area contributed by atoms with Crippen LogP contribution in [0.2, 0.25) is 0 Å². The van der Waals surface area contributed by atoms with Gasteiger partial charge in [0.1, 0.15) is 22.4 Å².